The summed E-state index contributed by atoms with van der Waals surface area (Å²) in [5.74, 6) is -0.792. The van der Waals surface area contributed by atoms with E-state index in [-0.39, 0.29) is 5.92 Å². The second-order valence-electron chi connectivity index (χ2n) is 6.24. The van der Waals surface area contributed by atoms with E-state index in [2.05, 4.69) is 20.6 Å². The van der Waals surface area contributed by atoms with Gasteiger partial charge in [0.15, 0.2) is 5.58 Å². The number of anilines is 1. The first kappa shape index (κ1) is 18.4. The van der Waals surface area contributed by atoms with Crippen molar-refractivity contribution in [1.29, 1.82) is 0 Å². The summed E-state index contributed by atoms with van der Waals surface area (Å²) in [4.78, 5) is 31.9. The third-order valence-electron chi connectivity index (χ3n) is 4.34. The molecule has 3 N–H and O–H groups in total. The van der Waals surface area contributed by atoms with Crippen molar-refractivity contribution in [2.45, 2.75) is 26.3 Å². The molecule has 0 spiro atoms. The standard InChI is InChI=1S/C19H20N4O4/c1-3-11(2)16(18(24)25)23-19(26)21-13-4-5-15-14(10-13)22-17(27-15)12-6-8-20-9-7-12/h4-11,16H,3H2,1-2H3,(H,24,25)(H2,21,23,26). The van der Waals surface area contributed by atoms with Crippen LogP contribution in [0.15, 0.2) is 47.1 Å². The molecule has 8 nitrogen and oxygen atoms in total. The summed E-state index contributed by atoms with van der Waals surface area (Å²) >= 11 is 0. The largest absolute Gasteiger partial charge is 0.480 e. The van der Waals surface area contributed by atoms with E-state index >= 15 is 0 Å². The summed E-state index contributed by atoms with van der Waals surface area (Å²) in [6.45, 7) is 3.65. The number of hydrogen-bond donors (Lipinski definition) is 3. The molecule has 2 heterocycles. The van der Waals surface area contributed by atoms with Crippen molar-refractivity contribution in [3.8, 4) is 11.5 Å². The number of benzene rings is 1. The fourth-order valence-corrected chi connectivity index (χ4v) is 2.61. The van der Waals surface area contributed by atoms with Gasteiger partial charge in [0.05, 0.1) is 0 Å². The van der Waals surface area contributed by atoms with Crippen LogP contribution in [0, 0.1) is 5.92 Å². The maximum atomic E-state index is 12.2. The molecule has 2 atom stereocenters. The van der Waals surface area contributed by atoms with E-state index < -0.39 is 18.0 Å². The molecule has 0 aliphatic carbocycles. The van der Waals surface area contributed by atoms with Crippen LogP contribution in [0.2, 0.25) is 0 Å². The molecular weight excluding hydrogens is 348 g/mol. The first-order valence-corrected chi connectivity index (χ1v) is 8.59. The number of oxazole rings is 1. The number of urea groups is 1. The number of aliphatic carboxylic acids is 1. The predicted molar refractivity (Wildman–Crippen MR) is 100 cm³/mol. The molecule has 3 aromatic rings. The minimum Gasteiger partial charge on any atom is -0.480 e. The monoisotopic (exact) mass is 368 g/mol. The summed E-state index contributed by atoms with van der Waals surface area (Å²) in [7, 11) is 0. The van der Waals surface area contributed by atoms with Gasteiger partial charge in [0.1, 0.15) is 11.6 Å². The number of aromatic nitrogens is 2. The smallest absolute Gasteiger partial charge is 0.326 e. The topological polar surface area (TPSA) is 117 Å². The van der Waals surface area contributed by atoms with Crippen LogP contribution in [0.25, 0.3) is 22.6 Å². The molecule has 2 unspecified atom stereocenters. The van der Waals surface area contributed by atoms with Crippen molar-refractivity contribution < 1.29 is 19.1 Å². The molecular formula is C19H20N4O4. The van der Waals surface area contributed by atoms with E-state index in [1.54, 1.807) is 49.6 Å². The molecule has 0 aliphatic rings. The first-order valence-electron chi connectivity index (χ1n) is 8.59. The van der Waals surface area contributed by atoms with Crippen molar-refractivity contribution in [3.05, 3.63) is 42.7 Å². The van der Waals surface area contributed by atoms with Crippen LogP contribution in [0.5, 0.6) is 0 Å². The molecule has 0 saturated heterocycles. The van der Waals surface area contributed by atoms with E-state index in [1.807, 2.05) is 6.92 Å². The second kappa shape index (κ2) is 7.86. The highest BCUT2D eigenvalue weighted by molar-refractivity contribution is 5.94. The number of carboxylic acid groups (broad SMARTS) is 1. The Kier molecular flexibility index (Phi) is 5.35. The van der Waals surface area contributed by atoms with Gasteiger partial charge < -0.3 is 20.2 Å². The van der Waals surface area contributed by atoms with Gasteiger partial charge in [-0.15, -0.1) is 0 Å². The first-order chi connectivity index (χ1) is 13.0. The lowest BCUT2D eigenvalue weighted by molar-refractivity contribution is -0.140. The number of carboxylic acids is 1. The lowest BCUT2D eigenvalue weighted by Gasteiger charge is -2.20. The summed E-state index contributed by atoms with van der Waals surface area (Å²) in [6, 6.07) is 7.08. The van der Waals surface area contributed by atoms with E-state index in [1.165, 1.54) is 0 Å². The zero-order valence-corrected chi connectivity index (χ0v) is 15.0. The zero-order valence-electron chi connectivity index (χ0n) is 15.0. The molecule has 8 heteroatoms. The molecule has 2 aromatic heterocycles. The van der Waals surface area contributed by atoms with Gasteiger partial charge in [-0.25, -0.2) is 14.6 Å². The van der Waals surface area contributed by atoms with Crippen LogP contribution in [0.4, 0.5) is 10.5 Å². The van der Waals surface area contributed by atoms with Crippen molar-refractivity contribution >= 4 is 28.8 Å². The maximum absolute atomic E-state index is 12.2. The van der Waals surface area contributed by atoms with E-state index in [4.69, 9.17) is 4.42 Å². The summed E-state index contributed by atoms with van der Waals surface area (Å²) in [6.07, 6.45) is 3.94. The van der Waals surface area contributed by atoms with E-state index in [0.29, 0.717) is 29.1 Å². The molecule has 2 amide bonds. The van der Waals surface area contributed by atoms with E-state index in [0.717, 1.165) is 5.56 Å². The number of nitrogens with one attached hydrogen (secondary N) is 2. The second-order valence-corrected chi connectivity index (χ2v) is 6.24. The molecule has 3 rings (SSSR count). The number of nitrogens with zero attached hydrogens (tertiary/aromatic N) is 2. The SMILES string of the molecule is CCC(C)C(NC(=O)Nc1ccc2oc(-c3ccncc3)nc2c1)C(=O)O. The highest BCUT2D eigenvalue weighted by atomic mass is 16.4. The van der Waals surface area contributed by atoms with Gasteiger partial charge in [-0.2, -0.15) is 0 Å². The third-order valence-corrected chi connectivity index (χ3v) is 4.34. The number of hydrogen-bond acceptors (Lipinski definition) is 5. The van der Waals surface area contributed by atoms with Gasteiger partial charge in [0, 0.05) is 23.6 Å². The summed E-state index contributed by atoms with van der Waals surface area (Å²) < 4.78 is 5.71. The highest BCUT2D eigenvalue weighted by Gasteiger charge is 2.25. The molecule has 0 fully saturated rings. The quantitative estimate of drug-likeness (QED) is 0.613. The molecule has 0 bridgehead atoms. The van der Waals surface area contributed by atoms with Crippen LogP contribution in [-0.2, 0) is 4.79 Å². The number of carbonyl (C=O) groups excluding carboxylic acids is 1. The van der Waals surface area contributed by atoms with Crippen molar-refractivity contribution in [3.63, 3.8) is 0 Å². The minimum absolute atomic E-state index is 0.186. The van der Waals surface area contributed by atoms with Crippen LogP contribution < -0.4 is 10.6 Å². The van der Waals surface area contributed by atoms with Crippen LogP contribution in [0.3, 0.4) is 0 Å². The maximum Gasteiger partial charge on any atom is 0.326 e. The Morgan fingerprint density at radius 2 is 1.96 bits per heavy atom. The number of rotatable bonds is 6. The fraction of sp³-hybridized carbons (Fsp3) is 0.263. The van der Waals surface area contributed by atoms with Gasteiger partial charge in [-0.3, -0.25) is 4.98 Å². The lowest BCUT2D eigenvalue weighted by atomic mass is 9.99. The van der Waals surface area contributed by atoms with Gasteiger partial charge >= 0.3 is 12.0 Å². The summed E-state index contributed by atoms with van der Waals surface area (Å²) in [5.41, 5.74) is 2.45. The molecule has 27 heavy (non-hydrogen) atoms. The highest BCUT2D eigenvalue weighted by Crippen LogP contribution is 2.25. The fourth-order valence-electron chi connectivity index (χ4n) is 2.61. The van der Waals surface area contributed by atoms with Crippen LogP contribution in [0.1, 0.15) is 20.3 Å². The van der Waals surface area contributed by atoms with Crippen molar-refractivity contribution in [1.82, 2.24) is 15.3 Å². The Morgan fingerprint density at radius 1 is 1.22 bits per heavy atom. The molecule has 0 aliphatic heterocycles. The Balaban J connectivity index is 1.75. The molecule has 140 valence electrons. The zero-order chi connectivity index (χ0) is 19.4. The van der Waals surface area contributed by atoms with Gasteiger partial charge in [-0.1, -0.05) is 20.3 Å². The minimum atomic E-state index is -1.06. The van der Waals surface area contributed by atoms with Crippen LogP contribution in [-0.4, -0.2) is 33.1 Å². The number of amides is 2. The Hall–Kier alpha value is -3.42. The van der Waals surface area contributed by atoms with E-state index in [9.17, 15) is 14.7 Å². The summed E-state index contributed by atoms with van der Waals surface area (Å²) in [5, 5.41) is 14.4. The average molecular weight is 368 g/mol. The third kappa shape index (κ3) is 4.22. The van der Waals surface area contributed by atoms with Crippen molar-refractivity contribution in [2.75, 3.05) is 5.32 Å². The van der Waals surface area contributed by atoms with Crippen molar-refractivity contribution in [2.24, 2.45) is 5.92 Å². The molecule has 0 radical (unpaired) electrons. The van der Waals surface area contributed by atoms with Gasteiger partial charge in [0.2, 0.25) is 5.89 Å². The predicted octanol–water partition coefficient (Wildman–Crippen LogP) is 3.51. The van der Waals surface area contributed by atoms with Crippen LogP contribution >= 0.6 is 0 Å². The number of fused-ring (bicyclic) bond motifs is 1. The Labute approximate surface area is 155 Å². The van der Waals surface area contributed by atoms with Gasteiger partial charge in [-0.05, 0) is 36.2 Å². The average Bonchev–Trinajstić information content (AvgIpc) is 3.09. The number of pyridine rings is 1. The molecule has 0 saturated carbocycles. The normalized spacial score (nSPS) is 13.1. The molecule has 1 aromatic carbocycles. The Bertz CT molecular complexity index is 955. The lowest BCUT2D eigenvalue weighted by Crippen LogP contribution is -2.46. The van der Waals surface area contributed by atoms with Gasteiger partial charge in [0.25, 0.3) is 0 Å². The Morgan fingerprint density at radius 3 is 2.63 bits per heavy atom. The number of carbonyl (C=O) groups is 2.